The van der Waals surface area contributed by atoms with E-state index in [4.69, 9.17) is 0 Å². The summed E-state index contributed by atoms with van der Waals surface area (Å²) in [6.07, 6.45) is 2.07. The molecule has 2 fully saturated rings. The third-order valence-electron chi connectivity index (χ3n) is 3.79. The Hall–Kier alpha value is -1.43. The van der Waals surface area contributed by atoms with E-state index >= 15 is 0 Å². The van der Waals surface area contributed by atoms with Gasteiger partial charge in [-0.15, -0.1) is 11.3 Å². The lowest BCUT2D eigenvalue weighted by molar-refractivity contribution is -0.150. The number of carbonyl (C=O) groups excluding carboxylic acids is 2. The van der Waals surface area contributed by atoms with Crippen LogP contribution in [0.3, 0.4) is 0 Å². The van der Waals surface area contributed by atoms with Crippen molar-refractivity contribution >= 4 is 23.2 Å². The molecule has 1 saturated heterocycles. The van der Waals surface area contributed by atoms with Crippen LogP contribution in [0.1, 0.15) is 30.5 Å². The summed E-state index contributed by atoms with van der Waals surface area (Å²) in [6, 6.07) is -0.729. The van der Waals surface area contributed by atoms with E-state index < -0.39 is 6.04 Å². The highest BCUT2D eigenvalue weighted by molar-refractivity contribution is 7.09. The molecule has 2 heterocycles. The van der Waals surface area contributed by atoms with Crippen molar-refractivity contribution in [2.75, 3.05) is 0 Å². The van der Waals surface area contributed by atoms with Crippen LogP contribution in [0.15, 0.2) is 5.38 Å². The van der Waals surface area contributed by atoms with Gasteiger partial charge in [-0.2, -0.15) is 0 Å². The summed E-state index contributed by atoms with van der Waals surface area (Å²) in [6.45, 7) is 4.14. The van der Waals surface area contributed by atoms with Gasteiger partial charge in [0.2, 0.25) is 11.8 Å². The lowest BCUT2D eigenvalue weighted by Gasteiger charge is -2.37. The van der Waals surface area contributed by atoms with Crippen molar-refractivity contribution in [3.63, 3.8) is 0 Å². The summed E-state index contributed by atoms with van der Waals surface area (Å²) in [5, 5.41) is 5.78. The molecule has 0 bridgehead atoms. The molecule has 2 aliphatic rings. The predicted octanol–water partition coefficient (Wildman–Crippen LogP) is 1.08. The fraction of sp³-hybridized carbons (Fsp3) is 0.615. The Kier molecular flexibility index (Phi) is 3.05. The molecule has 1 saturated carbocycles. The summed E-state index contributed by atoms with van der Waals surface area (Å²) in [5.74, 6) is 0.326. The van der Waals surface area contributed by atoms with Gasteiger partial charge in [-0.25, -0.2) is 4.98 Å². The summed E-state index contributed by atoms with van der Waals surface area (Å²) in [5.41, 5.74) is 0.868. The topological polar surface area (TPSA) is 62.3 Å². The predicted molar refractivity (Wildman–Crippen MR) is 71.5 cm³/mol. The molecule has 2 unspecified atom stereocenters. The number of nitrogens with one attached hydrogen (secondary N) is 1. The van der Waals surface area contributed by atoms with E-state index in [9.17, 15) is 9.59 Å². The van der Waals surface area contributed by atoms with Crippen LogP contribution < -0.4 is 5.32 Å². The van der Waals surface area contributed by atoms with Gasteiger partial charge in [0.25, 0.3) is 0 Å². The molecule has 19 heavy (non-hydrogen) atoms. The molecule has 0 radical (unpaired) electrons. The van der Waals surface area contributed by atoms with Crippen molar-refractivity contribution in [1.82, 2.24) is 15.2 Å². The molecule has 1 aliphatic carbocycles. The van der Waals surface area contributed by atoms with Gasteiger partial charge in [0.15, 0.2) is 0 Å². The van der Waals surface area contributed by atoms with Crippen molar-refractivity contribution in [3.05, 3.63) is 16.1 Å². The van der Waals surface area contributed by atoms with Crippen LogP contribution in [0.5, 0.6) is 0 Å². The summed E-state index contributed by atoms with van der Waals surface area (Å²) in [7, 11) is 0. The van der Waals surface area contributed by atoms with Crippen LogP contribution in [0.25, 0.3) is 0 Å². The summed E-state index contributed by atoms with van der Waals surface area (Å²) < 4.78 is 0. The van der Waals surface area contributed by atoms with Gasteiger partial charge >= 0.3 is 0 Å². The standard InChI is InChI=1S/C13H17N3O2S/c1-7-12(17)15-11(9-3-4-9)13(18)16(7)5-10-6-19-8(2)14-10/h6-7,9,11H,3-5H2,1-2H3,(H,15,17). The molecule has 0 aromatic carbocycles. The number of aryl methyl sites for hydroxylation is 1. The van der Waals surface area contributed by atoms with Crippen LogP contribution in [0.2, 0.25) is 0 Å². The summed E-state index contributed by atoms with van der Waals surface area (Å²) >= 11 is 1.57. The highest BCUT2D eigenvalue weighted by Crippen LogP contribution is 2.35. The number of hydrogen-bond acceptors (Lipinski definition) is 4. The number of piperazine rings is 1. The maximum absolute atomic E-state index is 12.5. The van der Waals surface area contributed by atoms with Gasteiger partial charge in [0.1, 0.15) is 12.1 Å². The second-order valence-electron chi connectivity index (χ2n) is 5.32. The third-order valence-corrected chi connectivity index (χ3v) is 4.61. The molecular formula is C13H17N3O2S. The quantitative estimate of drug-likeness (QED) is 0.900. The van der Waals surface area contributed by atoms with E-state index in [2.05, 4.69) is 10.3 Å². The van der Waals surface area contributed by atoms with E-state index in [-0.39, 0.29) is 17.9 Å². The minimum atomic E-state index is -0.412. The molecule has 2 amide bonds. The molecule has 1 aromatic rings. The first-order valence-corrected chi connectivity index (χ1v) is 7.46. The Morgan fingerprint density at radius 1 is 1.47 bits per heavy atom. The molecule has 1 aromatic heterocycles. The van der Waals surface area contributed by atoms with Crippen molar-refractivity contribution < 1.29 is 9.59 Å². The normalized spacial score (nSPS) is 27.6. The van der Waals surface area contributed by atoms with Gasteiger partial charge < -0.3 is 10.2 Å². The fourth-order valence-corrected chi connectivity index (χ4v) is 3.07. The van der Waals surface area contributed by atoms with E-state index in [0.29, 0.717) is 12.5 Å². The number of aromatic nitrogens is 1. The van der Waals surface area contributed by atoms with Crippen molar-refractivity contribution in [3.8, 4) is 0 Å². The van der Waals surface area contributed by atoms with Crippen molar-refractivity contribution in [2.45, 2.75) is 45.3 Å². The largest absolute Gasteiger partial charge is 0.342 e. The second kappa shape index (κ2) is 4.59. The van der Waals surface area contributed by atoms with Crippen molar-refractivity contribution in [1.29, 1.82) is 0 Å². The molecular weight excluding hydrogens is 262 g/mol. The Morgan fingerprint density at radius 2 is 2.21 bits per heavy atom. The number of hydrogen-bond donors (Lipinski definition) is 1. The number of carbonyl (C=O) groups is 2. The third kappa shape index (κ3) is 2.36. The molecule has 3 rings (SSSR count). The Balaban J connectivity index is 1.80. The minimum absolute atomic E-state index is 0.0419. The Labute approximate surface area is 116 Å². The maximum atomic E-state index is 12.5. The highest BCUT2D eigenvalue weighted by Gasteiger charge is 2.45. The first-order chi connectivity index (χ1) is 9.06. The van der Waals surface area contributed by atoms with E-state index in [1.54, 1.807) is 23.2 Å². The van der Waals surface area contributed by atoms with Gasteiger partial charge in [-0.05, 0) is 32.6 Å². The lowest BCUT2D eigenvalue weighted by atomic mass is 10.0. The average Bonchev–Trinajstić information content (AvgIpc) is 3.13. The molecule has 6 heteroatoms. The Bertz CT molecular complexity index is 524. The van der Waals surface area contributed by atoms with Crippen LogP contribution in [-0.2, 0) is 16.1 Å². The SMILES string of the molecule is Cc1nc(CN2C(=O)C(C3CC3)NC(=O)C2C)cs1. The second-order valence-corrected chi connectivity index (χ2v) is 6.39. The number of amides is 2. The van der Waals surface area contributed by atoms with Gasteiger partial charge in [0, 0.05) is 5.38 Å². The first-order valence-electron chi connectivity index (χ1n) is 6.58. The van der Waals surface area contributed by atoms with Crippen LogP contribution in [0, 0.1) is 12.8 Å². The summed E-state index contributed by atoms with van der Waals surface area (Å²) in [4.78, 5) is 30.5. The highest BCUT2D eigenvalue weighted by atomic mass is 32.1. The van der Waals surface area contributed by atoms with Gasteiger partial charge in [-0.1, -0.05) is 0 Å². The lowest BCUT2D eigenvalue weighted by Crippen LogP contribution is -2.62. The zero-order chi connectivity index (χ0) is 13.6. The van der Waals surface area contributed by atoms with E-state index in [0.717, 1.165) is 23.5 Å². The Morgan fingerprint density at radius 3 is 2.79 bits per heavy atom. The van der Waals surface area contributed by atoms with Crippen LogP contribution in [0.4, 0.5) is 0 Å². The first kappa shape index (κ1) is 12.6. The molecule has 1 N–H and O–H groups in total. The van der Waals surface area contributed by atoms with Crippen LogP contribution in [-0.4, -0.2) is 33.8 Å². The minimum Gasteiger partial charge on any atom is -0.342 e. The maximum Gasteiger partial charge on any atom is 0.246 e. The zero-order valence-electron chi connectivity index (χ0n) is 11.0. The van der Waals surface area contributed by atoms with E-state index in [1.165, 1.54) is 0 Å². The number of rotatable bonds is 3. The number of nitrogens with zero attached hydrogens (tertiary/aromatic N) is 2. The zero-order valence-corrected chi connectivity index (χ0v) is 11.9. The average molecular weight is 279 g/mol. The molecule has 5 nitrogen and oxygen atoms in total. The van der Waals surface area contributed by atoms with Crippen molar-refractivity contribution in [2.24, 2.45) is 5.92 Å². The number of thiazole rings is 1. The van der Waals surface area contributed by atoms with E-state index in [1.807, 2.05) is 12.3 Å². The van der Waals surface area contributed by atoms with Crippen LogP contribution >= 0.6 is 11.3 Å². The molecule has 1 aliphatic heterocycles. The monoisotopic (exact) mass is 279 g/mol. The molecule has 2 atom stereocenters. The molecule has 0 spiro atoms. The fourth-order valence-electron chi connectivity index (χ4n) is 2.47. The van der Waals surface area contributed by atoms with Gasteiger partial charge in [-0.3, -0.25) is 9.59 Å². The molecule has 102 valence electrons. The smallest absolute Gasteiger partial charge is 0.246 e. The van der Waals surface area contributed by atoms with Gasteiger partial charge in [0.05, 0.1) is 17.2 Å².